The largest absolute Gasteiger partial charge is 0.483 e. The Morgan fingerprint density at radius 2 is 1.71 bits per heavy atom. The summed E-state index contributed by atoms with van der Waals surface area (Å²) >= 11 is 2.51. The minimum absolute atomic E-state index is 0.173. The third kappa shape index (κ3) is 5.13. The van der Waals surface area contributed by atoms with Gasteiger partial charge in [-0.3, -0.25) is 24.1 Å². The Kier molecular flexibility index (Phi) is 7.97. The Balaban J connectivity index is 1.20. The number of carbonyl (C=O) groups is 4. The first-order valence-electron chi connectivity index (χ1n) is 15.4. The number of hydrogen-bond acceptors (Lipinski definition) is 8. The van der Waals surface area contributed by atoms with Crippen LogP contribution in [0.25, 0.3) is 0 Å². The fourth-order valence-corrected chi connectivity index (χ4v) is 11.3. The molecule has 3 aromatic rings. The normalized spacial score (nSPS) is 27.9. The quantitative estimate of drug-likeness (QED) is 0.277. The zero-order valence-electron chi connectivity index (χ0n) is 25.5. The molecule has 3 heterocycles. The fraction of sp³-hybridized carbons (Fsp3) is 0.424. The average molecular weight is 702 g/mol. The van der Waals surface area contributed by atoms with Gasteiger partial charge in [0.2, 0.25) is 11.8 Å². The van der Waals surface area contributed by atoms with E-state index in [1.807, 2.05) is 0 Å². The van der Waals surface area contributed by atoms with Crippen molar-refractivity contribution in [1.29, 1.82) is 0 Å². The number of para-hydroxylation sites is 2. The minimum atomic E-state index is -4.67. The smallest absolute Gasteiger partial charge is 0.418 e. The average Bonchev–Trinajstić information content (AvgIpc) is 3.76. The minimum Gasteiger partial charge on any atom is -0.483 e. The number of aromatic nitrogens is 1. The summed E-state index contributed by atoms with van der Waals surface area (Å²) in [7, 11) is 0. The fourth-order valence-electron chi connectivity index (χ4n) is 8.39. The topological polar surface area (TPSA) is 146 Å². The number of carboxylic acid groups (broad SMARTS) is 1. The predicted molar refractivity (Wildman–Crippen MR) is 169 cm³/mol. The highest BCUT2D eigenvalue weighted by atomic mass is 32.2. The van der Waals surface area contributed by atoms with Crippen LogP contribution in [-0.4, -0.2) is 56.6 Å². The van der Waals surface area contributed by atoms with E-state index in [-0.39, 0.29) is 27.9 Å². The van der Waals surface area contributed by atoms with Crippen molar-refractivity contribution in [1.82, 2.24) is 9.88 Å². The molecule has 7 rings (SSSR count). The van der Waals surface area contributed by atoms with Gasteiger partial charge in [-0.05, 0) is 48.3 Å². The molecule has 3 fully saturated rings. The molecule has 0 radical (unpaired) electrons. The highest BCUT2D eigenvalue weighted by Gasteiger charge is 2.70. The molecular weight excluding hydrogens is 672 g/mol. The van der Waals surface area contributed by atoms with Gasteiger partial charge in [-0.1, -0.05) is 55.5 Å². The van der Waals surface area contributed by atoms with E-state index in [0.29, 0.717) is 22.8 Å². The molecule has 1 saturated heterocycles. The van der Waals surface area contributed by atoms with Crippen molar-refractivity contribution >= 4 is 52.5 Å². The number of halogens is 3. The van der Waals surface area contributed by atoms with Crippen LogP contribution in [0.1, 0.15) is 42.2 Å². The van der Waals surface area contributed by atoms with Crippen molar-refractivity contribution in [2.24, 2.45) is 35.5 Å². The number of thiazole rings is 1. The maximum atomic E-state index is 13.9. The number of carbonyl (C=O) groups excluding carboxylic acids is 3. The Hall–Kier alpha value is -4.11. The lowest BCUT2D eigenvalue weighted by Crippen LogP contribution is -2.49. The van der Waals surface area contributed by atoms with Crippen LogP contribution in [0.4, 0.5) is 18.9 Å². The van der Waals surface area contributed by atoms with Crippen LogP contribution < -0.4 is 14.9 Å². The van der Waals surface area contributed by atoms with Crippen molar-refractivity contribution in [2.45, 2.75) is 48.7 Å². The van der Waals surface area contributed by atoms with Crippen molar-refractivity contribution in [3.8, 4) is 5.75 Å². The number of imide groups is 1. The summed E-state index contributed by atoms with van der Waals surface area (Å²) in [5.74, 6) is -5.73. The van der Waals surface area contributed by atoms with Gasteiger partial charge in [0.05, 0.1) is 28.1 Å². The molecule has 0 spiro atoms. The van der Waals surface area contributed by atoms with Crippen molar-refractivity contribution in [3.63, 3.8) is 0 Å². The Bertz CT molecular complexity index is 1890. The Morgan fingerprint density at radius 1 is 1.04 bits per heavy atom. The number of thioether (sulfide) groups is 1. The number of likely N-dealkylation sites (tertiary alicyclic amines) is 1. The van der Waals surface area contributed by atoms with Gasteiger partial charge in [-0.2, -0.15) is 13.2 Å². The molecule has 8 atom stereocenters. The summed E-state index contributed by atoms with van der Waals surface area (Å²) in [4.78, 5) is 69.7. The van der Waals surface area contributed by atoms with Gasteiger partial charge in [0.15, 0.2) is 6.61 Å². The molecule has 2 aliphatic carbocycles. The highest BCUT2D eigenvalue weighted by Crippen LogP contribution is 2.69. The number of aromatic amines is 1. The molecule has 7 unspecified atom stereocenters. The zero-order chi connectivity index (χ0) is 34.2. The first kappa shape index (κ1) is 32.4. The predicted octanol–water partition coefficient (Wildman–Crippen LogP) is 5.06. The molecule has 2 bridgehead atoms. The van der Waals surface area contributed by atoms with E-state index in [0.717, 1.165) is 33.2 Å². The number of benzene rings is 2. The van der Waals surface area contributed by atoms with Gasteiger partial charge in [-0.15, -0.1) is 11.8 Å². The molecule has 3 amide bonds. The summed E-state index contributed by atoms with van der Waals surface area (Å²) in [6, 6.07) is 10.3. The second-order valence-corrected chi connectivity index (χ2v) is 15.2. The summed E-state index contributed by atoms with van der Waals surface area (Å²) in [6.45, 7) is 2.72. The second-order valence-electron chi connectivity index (χ2n) is 13.0. The van der Waals surface area contributed by atoms with E-state index in [1.165, 1.54) is 23.9 Å². The number of hydrogen-bond donors (Lipinski definition) is 3. The monoisotopic (exact) mass is 701 g/mol. The molecule has 2 aliphatic heterocycles. The van der Waals surface area contributed by atoms with E-state index in [2.05, 4.69) is 10.3 Å². The molecule has 15 heteroatoms. The summed E-state index contributed by atoms with van der Waals surface area (Å²) in [5.41, 5.74) is -0.753. The number of anilines is 1. The van der Waals surface area contributed by atoms with Gasteiger partial charge in [0.1, 0.15) is 11.8 Å². The molecule has 2 aromatic carbocycles. The number of nitrogens with zero attached hydrogens (tertiary/aromatic N) is 1. The van der Waals surface area contributed by atoms with Gasteiger partial charge in [-0.25, -0.2) is 4.79 Å². The third-order valence-corrected chi connectivity index (χ3v) is 12.6. The standard InChI is InChI=1S/C33H30F3N3O7S2/c1-13(2)25(31(43)44)39-29(41)23-15-11-16(24(23)30(39)42)26-22(15)21(27-28(47-26)38-32(45)48-27)14-7-3-6-10-19(14)46-12-20(40)37-18-9-5-4-8-17(18)33(34,35)36/h3-10,13,15-16,21-26H,11-12H2,1-2H3,(H,37,40)(H,38,45)(H,43,44)/t15?,16?,21-,22?,23?,24?,25?,26?/m1/s1. The first-order valence-corrected chi connectivity index (χ1v) is 17.1. The number of amides is 3. The lowest BCUT2D eigenvalue weighted by molar-refractivity contribution is -0.157. The first-order chi connectivity index (χ1) is 22.8. The van der Waals surface area contributed by atoms with E-state index < -0.39 is 77.4 Å². The van der Waals surface area contributed by atoms with Crippen molar-refractivity contribution in [3.05, 3.63) is 74.2 Å². The summed E-state index contributed by atoms with van der Waals surface area (Å²) in [6.07, 6.45) is -4.09. The molecule has 10 nitrogen and oxygen atoms in total. The van der Waals surface area contributed by atoms with E-state index in [9.17, 15) is 42.3 Å². The molecule has 3 N–H and O–H groups in total. The molecule has 4 aliphatic rings. The second kappa shape index (κ2) is 11.8. The Labute approximate surface area is 280 Å². The number of carboxylic acids is 1. The van der Waals surface area contributed by atoms with E-state index in [1.54, 1.807) is 38.1 Å². The van der Waals surface area contributed by atoms with Crippen molar-refractivity contribution in [2.75, 3.05) is 11.9 Å². The third-order valence-electron chi connectivity index (χ3n) is 10.0. The number of rotatable bonds is 8. The van der Waals surface area contributed by atoms with Crippen LogP contribution in [0.3, 0.4) is 0 Å². The van der Waals surface area contributed by atoms with Crippen LogP contribution in [0.2, 0.25) is 0 Å². The van der Waals surface area contributed by atoms with Crippen LogP contribution in [0, 0.1) is 35.5 Å². The summed E-state index contributed by atoms with van der Waals surface area (Å²) < 4.78 is 46.4. The van der Waals surface area contributed by atoms with Gasteiger partial charge in [0.25, 0.3) is 5.91 Å². The van der Waals surface area contributed by atoms with Gasteiger partial charge >= 0.3 is 17.0 Å². The maximum absolute atomic E-state index is 13.9. The SMILES string of the molecule is CC(C)C(C(=O)O)N1C(=O)C2C3CC(C2C1=O)C1C3Sc2[nH]c(=O)sc2[C@@H]1c1ccccc1OCC(=O)Nc1ccccc1C(F)(F)F. The maximum Gasteiger partial charge on any atom is 0.418 e. The lowest BCUT2D eigenvalue weighted by atomic mass is 9.68. The molecule has 1 aromatic heterocycles. The number of nitrogens with one attached hydrogen (secondary N) is 2. The van der Waals surface area contributed by atoms with Crippen LogP contribution in [-0.2, 0) is 25.4 Å². The van der Waals surface area contributed by atoms with Crippen LogP contribution >= 0.6 is 23.1 Å². The zero-order valence-corrected chi connectivity index (χ0v) is 27.2. The molecule has 2 saturated carbocycles. The van der Waals surface area contributed by atoms with E-state index in [4.69, 9.17) is 4.74 Å². The number of aliphatic carboxylic acids is 1. The van der Waals surface area contributed by atoms with Gasteiger partial charge < -0.3 is 20.1 Å². The number of alkyl halides is 3. The molecule has 48 heavy (non-hydrogen) atoms. The number of H-pyrrole nitrogens is 1. The molecular formula is C33H30F3N3O7S2. The molecule has 252 valence electrons. The number of fused-ring (bicyclic) bond motifs is 9. The number of ether oxygens (including phenoxy) is 1. The summed E-state index contributed by atoms with van der Waals surface area (Å²) in [5, 5.41) is 12.7. The Morgan fingerprint density at radius 3 is 2.40 bits per heavy atom. The van der Waals surface area contributed by atoms with Crippen LogP contribution in [0.5, 0.6) is 5.75 Å². The van der Waals surface area contributed by atoms with Crippen LogP contribution in [0.15, 0.2) is 58.4 Å². The van der Waals surface area contributed by atoms with Gasteiger partial charge in [0, 0.05) is 21.6 Å². The van der Waals surface area contributed by atoms with E-state index >= 15 is 0 Å². The highest BCUT2D eigenvalue weighted by molar-refractivity contribution is 8.00. The van der Waals surface area contributed by atoms with Crippen molar-refractivity contribution < 1.29 is 42.2 Å². The lowest BCUT2D eigenvalue weighted by Gasteiger charge is -2.43.